The monoisotopic (exact) mass is 213 g/mol. The third-order valence-corrected chi connectivity index (χ3v) is 3.17. The highest BCUT2D eigenvalue weighted by Crippen LogP contribution is 2.13. The molecule has 1 aliphatic heterocycles. The molecule has 0 atom stereocenters. The minimum atomic E-state index is 0.654. The van der Waals surface area contributed by atoms with Crippen LogP contribution in [0.4, 0.5) is 0 Å². The number of hydrogen-bond acceptors (Lipinski definition) is 3. The normalized spacial score (nSPS) is 18.9. The van der Waals surface area contributed by atoms with Gasteiger partial charge in [-0.3, -0.25) is 4.79 Å². The summed E-state index contributed by atoms with van der Waals surface area (Å²) in [4.78, 5) is 17.1. The lowest BCUT2D eigenvalue weighted by molar-refractivity contribution is -0.119. The number of piperidine rings is 1. The molecule has 1 heterocycles. The molecule has 0 saturated carbocycles. The topological polar surface area (TPSA) is 26.8 Å². The van der Waals surface area contributed by atoms with Gasteiger partial charge in [0, 0.05) is 32.2 Å². The van der Waals surface area contributed by atoms with E-state index < -0.39 is 0 Å². The van der Waals surface area contributed by atoms with Crippen LogP contribution >= 0.6 is 0 Å². The molecule has 0 N–H and O–H groups in total. The molecular formula is C11H23N3O. The van der Waals surface area contributed by atoms with Gasteiger partial charge in [-0.2, -0.15) is 0 Å². The Hall–Kier alpha value is -0.610. The molecule has 0 aliphatic carbocycles. The molecule has 1 saturated heterocycles. The molecule has 4 nitrogen and oxygen atoms in total. The fourth-order valence-electron chi connectivity index (χ4n) is 1.97. The summed E-state index contributed by atoms with van der Waals surface area (Å²) < 4.78 is 0. The van der Waals surface area contributed by atoms with Crippen molar-refractivity contribution < 1.29 is 4.79 Å². The number of carbonyl (C=O) groups is 1. The summed E-state index contributed by atoms with van der Waals surface area (Å²) in [6, 6.07) is 0.654. The summed E-state index contributed by atoms with van der Waals surface area (Å²) in [5, 5.41) is 0. The maximum absolute atomic E-state index is 10.6. The zero-order valence-electron chi connectivity index (χ0n) is 10.1. The molecule has 0 radical (unpaired) electrons. The van der Waals surface area contributed by atoms with Crippen molar-refractivity contribution >= 4 is 6.41 Å². The van der Waals surface area contributed by atoms with Crippen molar-refractivity contribution in [2.24, 2.45) is 0 Å². The highest BCUT2D eigenvalue weighted by Gasteiger charge is 2.21. The van der Waals surface area contributed by atoms with Gasteiger partial charge in [0.15, 0.2) is 0 Å². The molecule has 4 heteroatoms. The molecule has 0 aromatic rings. The number of amides is 1. The van der Waals surface area contributed by atoms with Crippen molar-refractivity contribution in [3.8, 4) is 0 Å². The van der Waals surface area contributed by atoms with Crippen molar-refractivity contribution in [2.45, 2.75) is 18.9 Å². The first-order valence-electron chi connectivity index (χ1n) is 5.68. The fraction of sp³-hybridized carbons (Fsp3) is 0.909. The van der Waals surface area contributed by atoms with Gasteiger partial charge in [0.2, 0.25) is 6.41 Å². The Morgan fingerprint density at radius 1 is 1.20 bits per heavy atom. The quantitative estimate of drug-likeness (QED) is 0.606. The van der Waals surface area contributed by atoms with Gasteiger partial charge in [-0.1, -0.05) is 0 Å². The molecule has 15 heavy (non-hydrogen) atoms. The van der Waals surface area contributed by atoms with Crippen molar-refractivity contribution in [3.63, 3.8) is 0 Å². The zero-order chi connectivity index (χ0) is 11.3. The highest BCUT2D eigenvalue weighted by atomic mass is 16.1. The SMILES string of the molecule is CN(C)CCN(C)C1CCN(C=O)CC1. The van der Waals surface area contributed by atoms with Crippen LogP contribution in [0.2, 0.25) is 0 Å². The molecule has 1 fully saturated rings. The second-order valence-electron chi connectivity index (χ2n) is 4.66. The fourth-order valence-corrected chi connectivity index (χ4v) is 1.97. The summed E-state index contributed by atoms with van der Waals surface area (Å²) >= 11 is 0. The van der Waals surface area contributed by atoms with Crippen LogP contribution in [0.25, 0.3) is 0 Å². The van der Waals surface area contributed by atoms with E-state index in [4.69, 9.17) is 0 Å². The first kappa shape index (κ1) is 12.5. The first-order valence-corrected chi connectivity index (χ1v) is 5.68. The van der Waals surface area contributed by atoms with Crippen LogP contribution in [0.1, 0.15) is 12.8 Å². The van der Waals surface area contributed by atoms with Crippen LogP contribution in [0.15, 0.2) is 0 Å². The molecular weight excluding hydrogens is 190 g/mol. The van der Waals surface area contributed by atoms with Gasteiger partial charge < -0.3 is 14.7 Å². The van der Waals surface area contributed by atoms with Crippen LogP contribution in [0, 0.1) is 0 Å². The van der Waals surface area contributed by atoms with Crippen LogP contribution in [-0.2, 0) is 4.79 Å². The zero-order valence-corrected chi connectivity index (χ0v) is 10.1. The highest BCUT2D eigenvalue weighted by molar-refractivity contribution is 5.47. The molecule has 0 spiro atoms. The van der Waals surface area contributed by atoms with Gasteiger partial charge in [0.1, 0.15) is 0 Å². The Labute approximate surface area is 92.8 Å². The predicted molar refractivity (Wildman–Crippen MR) is 61.8 cm³/mol. The lowest BCUT2D eigenvalue weighted by Crippen LogP contribution is -2.44. The summed E-state index contributed by atoms with van der Waals surface area (Å²) in [5.74, 6) is 0. The summed E-state index contributed by atoms with van der Waals surface area (Å²) in [6.45, 7) is 4.05. The van der Waals surface area contributed by atoms with Gasteiger partial charge >= 0.3 is 0 Å². The second kappa shape index (κ2) is 6.08. The van der Waals surface area contributed by atoms with Gasteiger partial charge in [-0.15, -0.1) is 0 Å². The second-order valence-corrected chi connectivity index (χ2v) is 4.66. The molecule has 88 valence electrons. The van der Waals surface area contributed by atoms with Crippen LogP contribution in [0.5, 0.6) is 0 Å². The van der Waals surface area contributed by atoms with Crippen molar-refractivity contribution in [1.82, 2.24) is 14.7 Å². The Kier molecular flexibility index (Phi) is 5.05. The minimum Gasteiger partial charge on any atom is -0.345 e. The Bertz CT molecular complexity index is 188. The van der Waals surface area contributed by atoms with Crippen molar-refractivity contribution in [2.75, 3.05) is 47.3 Å². The lowest BCUT2D eigenvalue weighted by atomic mass is 10.0. The summed E-state index contributed by atoms with van der Waals surface area (Å²) in [7, 11) is 6.39. The Morgan fingerprint density at radius 2 is 1.80 bits per heavy atom. The molecule has 1 amide bonds. The molecule has 0 bridgehead atoms. The Morgan fingerprint density at radius 3 is 2.27 bits per heavy atom. The van der Waals surface area contributed by atoms with E-state index in [0.717, 1.165) is 45.4 Å². The van der Waals surface area contributed by atoms with E-state index in [2.05, 4.69) is 30.9 Å². The van der Waals surface area contributed by atoms with E-state index in [9.17, 15) is 4.79 Å². The number of rotatable bonds is 5. The number of carbonyl (C=O) groups excluding carboxylic acids is 1. The number of nitrogens with zero attached hydrogens (tertiary/aromatic N) is 3. The van der Waals surface area contributed by atoms with Crippen molar-refractivity contribution in [3.05, 3.63) is 0 Å². The maximum atomic E-state index is 10.6. The van der Waals surface area contributed by atoms with Crippen molar-refractivity contribution in [1.29, 1.82) is 0 Å². The number of hydrogen-bond donors (Lipinski definition) is 0. The average molecular weight is 213 g/mol. The maximum Gasteiger partial charge on any atom is 0.209 e. The van der Waals surface area contributed by atoms with E-state index in [1.807, 2.05) is 4.90 Å². The Balaban J connectivity index is 2.23. The van der Waals surface area contributed by atoms with Gasteiger partial charge in [0.25, 0.3) is 0 Å². The number of likely N-dealkylation sites (tertiary alicyclic amines) is 1. The first-order chi connectivity index (χ1) is 7.13. The van der Waals surface area contributed by atoms with Crippen LogP contribution in [-0.4, -0.2) is 74.5 Å². The number of likely N-dealkylation sites (N-methyl/N-ethyl adjacent to an activating group) is 2. The third-order valence-electron chi connectivity index (χ3n) is 3.17. The lowest BCUT2D eigenvalue weighted by Gasteiger charge is -2.35. The summed E-state index contributed by atoms with van der Waals surface area (Å²) in [5.41, 5.74) is 0. The van der Waals surface area contributed by atoms with E-state index in [-0.39, 0.29) is 0 Å². The largest absolute Gasteiger partial charge is 0.345 e. The minimum absolute atomic E-state index is 0.654. The molecule has 0 aromatic heterocycles. The third kappa shape index (κ3) is 4.18. The standard InChI is InChI=1S/C11H23N3O/c1-12(2)8-9-13(3)11-4-6-14(10-15)7-5-11/h10-11H,4-9H2,1-3H3. The molecule has 0 unspecified atom stereocenters. The van der Waals surface area contributed by atoms with Crippen LogP contribution in [0.3, 0.4) is 0 Å². The molecule has 0 aromatic carbocycles. The van der Waals surface area contributed by atoms with Gasteiger partial charge in [0.05, 0.1) is 0 Å². The van der Waals surface area contributed by atoms with E-state index in [0.29, 0.717) is 6.04 Å². The van der Waals surface area contributed by atoms with E-state index in [1.54, 1.807) is 0 Å². The predicted octanol–water partition coefficient (Wildman–Crippen LogP) is 0.101. The summed E-state index contributed by atoms with van der Waals surface area (Å²) in [6.07, 6.45) is 3.20. The van der Waals surface area contributed by atoms with E-state index >= 15 is 0 Å². The smallest absolute Gasteiger partial charge is 0.209 e. The van der Waals surface area contributed by atoms with Gasteiger partial charge in [-0.05, 0) is 34.0 Å². The van der Waals surface area contributed by atoms with Crippen LogP contribution < -0.4 is 0 Å². The van der Waals surface area contributed by atoms with Gasteiger partial charge in [-0.25, -0.2) is 0 Å². The molecule has 1 aliphatic rings. The average Bonchev–Trinajstić information content (AvgIpc) is 2.26. The molecule has 1 rings (SSSR count). The van der Waals surface area contributed by atoms with E-state index in [1.165, 1.54) is 0 Å².